The number of rotatable bonds is 10. The molecule has 8 heteroatoms. The predicted molar refractivity (Wildman–Crippen MR) is 133 cm³/mol. The molecule has 0 aromatic heterocycles. The van der Waals surface area contributed by atoms with Crippen LogP contribution in [-0.4, -0.2) is 30.0 Å². The van der Waals surface area contributed by atoms with E-state index in [0.29, 0.717) is 0 Å². The minimum Gasteiger partial charge on any atom is -0.445 e. The summed E-state index contributed by atoms with van der Waals surface area (Å²) in [5.74, 6) is -1.20. The minimum atomic E-state index is -0.966. The Hall–Kier alpha value is -3.65. The van der Waals surface area contributed by atoms with Crippen LogP contribution in [0.1, 0.15) is 16.7 Å². The first kappa shape index (κ1) is 25.0. The van der Waals surface area contributed by atoms with Gasteiger partial charge < -0.3 is 21.1 Å². The molecule has 0 fully saturated rings. The van der Waals surface area contributed by atoms with Gasteiger partial charge >= 0.3 is 6.09 Å². The second kappa shape index (κ2) is 12.6. The molecule has 3 amide bonds. The third-order valence-corrected chi connectivity index (χ3v) is 5.92. The Balaban J connectivity index is 1.70. The first-order valence-corrected chi connectivity index (χ1v) is 11.6. The third kappa shape index (κ3) is 7.74. The molecule has 0 aliphatic carbocycles. The minimum absolute atomic E-state index is 0.0678. The number of ether oxygens (including phenoxy) is 1. The molecule has 34 heavy (non-hydrogen) atoms. The molecule has 0 radical (unpaired) electrons. The Kier molecular flexibility index (Phi) is 9.22. The van der Waals surface area contributed by atoms with Gasteiger partial charge in [0.05, 0.1) is 0 Å². The predicted octanol–water partition coefficient (Wildman–Crippen LogP) is 3.50. The van der Waals surface area contributed by atoms with Crippen molar-refractivity contribution >= 4 is 33.8 Å². The van der Waals surface area contributed by atoms with Crippen LogP contribution in [-0.2, 0) is 33.8 Å². The molecular formula is C26H26BrN3O4. The Morgan fingerprint density at radius 2 is 1.35 bits per heavy atom. The summed E-state index contributed by atoms with van der Waals surface area (Å²) in [6.07, 6.45) is -0.312. The van der Waals surface area contributed by atoms with Crippen LogP contribution >= 0.6 is 15.9 Å². The number of primary amides is 1. The highest BCUT2D eigenvalue weighted by molar-refractivity contribution is 9.10. The summed E-state index contributed by atoms with van der Waals surface area (Å²) in [4.78, 5) is 37.7. The van der Waals surface area contributed by atoms with E-state index in [2.05, 4.69) is 26.6 Å². The second-order valence-corrected chi connectivity index (χ2v) is 8.56. The van der Waals surface area contributed by atoms with Gasteiger partial charge in [0.15, 0.2) is 0 Å². The highest BCUT2D eigenvalue weighted by Crippen LogP contribution is 2.17. The first-order chi connectivity index (χ1) is 16.4. The number of hydrogen-bond acceptors (Lipinski definition) is 4. The van der Waals surface area contributed by atoms with Crippen molar-refractivity contribution in [2.75, 3.05) is 0 Å². The van der Waals surface area contributed by atoms with Crippen LogP contribution in [0.4, 0.5) is 4.79 Å². The molecule has 176 valence electrons. The third-order valence-electron chi connectivity index (χ3n) is 5.15. The molecule has 0 spiro atoms. The summed E-state index contributed by atoms with van der Waals surface area (Å²) in [7, 11) is 0. The zero-order chi connectivity index (χ0) is 24.3. The first-order valence-electron chi connectivity index (χ1n) is 10.8. The normalized spacial score (nSPS) is 12.3. The lowest BCUT2D eigenvalue weighted by molar-refractivity contribution is -0.128. The molecule has 3 rings (SSSR count). The summed E-state index contributed by atoms with van der Waals surface area (Å²) >= 11 is 3.44. The average molecular weight is 524 g/mol. The van der Waals surface area contributed by atoms with Gasteiger partial charge in [-0.05, 0) is 22.8 Å². The fourth-order valence-corrected chi connectivity index (χ4v) is 3.79. The van der Waals surface area contributed by atoms with Crippen molar-refractivity contribution in [3.8, 4) is 0 Å². The number of hydrogen-bond donors (Lipinski definition) is 3. The maximum atomic E-state index is 13.1. The SMILES string of the molecule is NC(=O)[C@@H](Cc1ccccc1Br)NC(=O)[C@@H](Cc1ccccc1)NC(=O)OCc1ccccc1. The van der Waals surface area contributed by atoms with E-state index in [1.54, 1.807) is 0 Å². The number of alkyl carbamates (subject to hydrolysis) is 1. The van der Waals surface area contributed by atoms with E-state index < -0.39 is 30.0 Å². The highest BCUT2D eigenvalue weighted by atomic mass is 79.9. The van der Waals surface area contributed by atoms with Crippen LogP contribution < -0.4 is 16.4 Å². The van der Waals surface area contributed by atoms with Gasteiger partial charge in [-0.2, -0.15) is 0 Å². The Morgan fingerprint density at radius 3 is 1.97 bits per heavy atom. The number of carbonyl (C=O) groups excluding carboxylic acids is 3. The Morgan fingerprint density at radius 1 is 0.765 bits per heavy atom. The smallest absolute Gasteiger partial charge is 0.408 e. The van der Waals surface area contributed by atoms with Crippen molar-refractivity contribution in [2.24, 2.45) is 5.73 Å². The van der Waals surface area contributed by atoms with Crippen LogP contribution in [0.2, 0.25) is 0 Å². The fourth-order valence-electron chi connectivity index (χ4n) is 3.35. The van der Waals surface area contributed by atoms with Gasteiger partial charge in [0.2, 0.25) is 11.8 Å². The van der Waals surface area contributed by atoms with Crippen molar-refractivity contribution in [1.29, 1.82) is 0 Å². The molecule has 0 saturated heterocycles. The molecule has 3 aromatic rings. The van der Waals surface area contributed by atoms with Crippen LogP contribution in [0.5, 0.6) is 0 Å². The maximum Gasteiger partial charge on any atom is 0.408 e. The zero-order valence-corrected chi connectivity index (χ0v) is 20.0. The molecular weight excluding hydrogens is 498 g/mol. The monoisotopic (exact) mass is 523 g/mol. The van der Waals surface area contributed by atoms with Gasteiger partial charge in [0.25, 0.3) is 0 Å². The number of nitrogens with two attached hydrogens (primary N) is 1. The largest absolute Gasteiger partial charge is 0.445 e. The van der Waals surface area contributed by atoms with Crippen LogP contribution in [0.25, 0.3) is 0 Å². The molecule has 0 heterocycles. The molecule has 4 N–H and O–H groups in total. The van der Waals surface area contributed by atoms with Crippen LogP contribution in [0.15, 0.2) is 89.4 Å². The molecule has 2 atom stereocenters. The molecule has 3 aromatic carbocycles. The van der Waals surface area contributed by atoms with E-state index in [4.69, 9.17) is 10.5 Å². The molecule has 0 unspecified atom stereocenters. The molecule has 0 aliphatic heterocycles. The van der Waals surface area contributed by atoms with Crippen molar-refractivity contribution < 1.29 is 19.1 Å². The number of benzene rings is 3. The lowest BCUT2D eigenvalue weighted by atomic mass is 10.0. The number of halogens is 1. The standard InChI is InChI=1S/C26H26BrN3O4/c27-21-14-8-7-13-20(21)16-22(24(28)31)29-25(32)23(15-18-9-3-1-4-10-18)30-26(33)34-17-19-11-5-2-6-12-19/h1-14,22-23H,15-17H2,(H2,28,31)(H,29,32)(H,30,33)/t22-,23-/m1/s1. The van der Waals surface area contributed by atoms with E-state index in [0.717, 1.165) is 21.2 Å². The van der Waals surface area contributed by atoms with Crippen LogP contribution in [0, 0.1) is 0 Å². The highest BCUT2D eigenvalue weighted by Gasteiger charge is 2.27. The Bertz CT molecular complexity index is 1110. The van der Waals surface area contributed by atoms with Gasteiger partial charge in [-0.1, -0.05) is 94.8 Å². The quantitative estimate of drug-likeness (QED) is 0.377. The molecule has 0 aliphatic rings. The number of amides is 3. The molecule has 7 nitrogen and oxygen atoms in total. The number of carbonyl (C=O) groups is 3. The van der Waals surface area contributed by atoms with Gasteiger partial charge in [0, 0.05) is 17.3 Å². The summed E-state index contributed by atoms with van der Waals surface area (Å²) in [6, 6.07) is 23.9. The van der Waals surface area contributed by atoms with Crippen molar-refractivity contribution in [3.05, 3.63) is 106 Å². The summed E-state index contributed by atoms with van der Waals surface area (Å²) in [5.41, 5.74) is 8.05. The summed E-state index contributed by atoms with van der Waals surface area (Å²) in [6.45, 7) is 0.0678. The maximum absolute atomic E-state index is 13.1. The number of nitrogens with one attached hydrogen (secondary N) is 2. The molecule has 0 bridgehead atoms. The Labute approximate surface area is 206 Å². The lowest BCUT2D eigenvalue weighted by Gasteiger charge is -2.22. The van der Waals surface area contributed by atoms with Gasteiger partial charge in [-0.25, -0.2) is 4.79 Å². The summed E-state index contributed by atoms with van der Waals surface area (Å²) in [5, 5.41) is 5.31. The van der Waals surface area contributed by atoms with E-state index >= 15 is 0 Å². The van der Waals surface area contributed by atoms with Crippen molar-refractivity contribution in [2.45, 2.75) is 31.5 Å². The average Bonchev–Trinajstić information content (AvgIpc) is 2.84. The fraction of sp³-hybridized carbons (Fsp3) is 0.192. The van der Waals surface area contributed by atoms with E-state index in [1.807, 2.05) is 84.9 Å². The van der Waals surface area contributed by atoms with Crippen molar-refractivity contribution in [1.82, 2.24) is 10.6 Å². The zero-order valence-electron chi connectivity index (χ0n) is 18.4. The molecule has 0 saturated carbocycles. The van der Waals surface area contributed by atoms with E-state index in [1.165, 1.54) is 0 Å². The van der Waals surface area contributed by atoms with Gasteiger partial charge in [-0.3, -0.25) is 9.59 Å². The van der Waals surface area contributed by atoms with E-state index in [-0.39, 0.29) is 19.4 Å². The van der Waals surface area contributed by atoms with Gasteiger partial charge in [0.1, 0.15) is 18.7 Å². The van der Waals surface area contributed by atoms with E-state index in [9.17, 15) is 14.4 Å². The topological polar surface area (TPSA) is 111 Å². The van der Waals surface area contributed by atoms with Crippen molar-refractivity contribution in [3.63, 3.8) is 0 Å². The van der Waals surface area contributed by atoms with Crippen LogP contribution in [0.3, 0.4) is 0 Å². The van der Waals surface area contributed by atoms with Gasteiger partial charge in [-0.15, -0.1) is 0 Å². The summed E-state index contributed by atoms with van der Waals surface area (Å²) < 4.78 is 6.09. The second-order valence-electron chi connectivity index (χ2n) is 7.71. The lowest BCUT2D eigenvalue weighted by Crippen LogP contribution is -2.54.